The predicted octanol–water partition coefficient (Wildman–Crippen LogP) is 5.67. The number of ether oxygens (including phenoxy) is 1. The third kappa shape index (κ3) is 3.54. The number of rotatable bonds is 5. The zero-order chi connectivity index (χ0) is 16.2. The average molecular weight is 342 g/mol. The van der Waals surface area contributed by atoms with Crippen molar-refractivity contribution in [1.82, 2.24) is 0 Å². The summed E-state index contributed by atoms with van der Waals surface area (Å²) in [5.41, 5.74) is 1.05. The Hall–Kier alpha value is -1.91. The Balaban J connectivity index is 1.91. The Labute approximate surface area is 144 Å². The highest BCUT2D eigenvalue weighted by atomic mass is 32.1. The second-order valence-corrected chi connectivity index (χ2v) is 7.54. The molecule has 0 radical (unpaired) electrons. The van der Waals surface area contributed by atoms with Gasteiger partial charge in [-0.2, -0.15) is 0 Å². The number of hydrogen-bond donors (Lipinski definition) is 0. The van der Waals surface area contributed by atoms with E-state index in [9.17, 15) is 4.79 Å². The first kappa shape index (κ1) is 16.0. The van der Waals surface area contributed by atoms with Crippen LogP contribution in [0.2, 0.25) is 0 Å². The fourth-order valence-electron chi connectivity index (χ4n) is 2.50. The van der Waals surface area contributed by atoms with Crippen molar-refractivity contribution in [2.75, 3.05) is 0 Å². The lowest BCUT2D eigenvalue weighted by molar-refractivity contribution is -0.135. The van der Waals surface area contributed by atoms with Crippen molar-refractivity contribution in [1.29, 1.82) is 0 Å². The van der Waals surface area contributed by atoms with Crippen molar-refractivity contribution < 1.29 is 9.53 Å². The van der Waals surface area contributed by atoms with Crippen molar-refractivity contribution in [2.45, 2.75) is 25.7 Å². The van der Waals surface area contributed by atoms with E-state index in [0.717, 1.165) is 15.3 Å². The van der Waals surface area contributed by atoms with Crippen molar-refractivity contribution in [3.05, 3.63) is 74.6 Å². The van der Waals surface area contributed by atoms with Gasteiger partial charge in [0, 0.05) is 9.75 Å². The Morgan fingerprint density at radius 1 is 0.913 bits per heavy atom. The topological polar surface area (TPSA) is 26.3 Å². The van der Waals surface area contributed by atoms with Gasteiger partial charge < -0.3 is 4.74 Å². The van der Waals surface area contributed by atoms with Crippen molar-refractivity contribution >= 4 is 28.6 Å². The van der Waals surface area contributed by atoms with Gasteiger partial charge in [0.15, 0.2) is 0 Å². The van der Waals surface area contributed by atoms with E-state index in [4.69, 9.17) is 4.74 Å². The Kier molecular flexibility index (Phi) is 4.94. The molecule has 0 amide bonds. The van der Waals surface area contributed by atoms with E-state index in [-0.39, 0.29) is 11.9 Å². The van der Waals surface area contributed by atoms with Crippen LogP contribution in [0, 0.1) is 0 Å². The minimum absolute atomic E-state index is 0.219. The molecular formula is C19H18O2S2. The lowest BCUT2D eigenvalue weighted by Crippen LogP contribution is -2.19. The summed E-state index contributed by atoms with van der Waals surface area (Å²) < 4.78 is 5.79. The summed E-state index contributed by atoms with van der Waals surface area (Å²) in [6.45, 7) is 4.20. The fraction of sp³-hybridized carbons (Fsp3) is 0.211. The van der Waals surface area contributed by atoms with Crippen LogP contribution < -0.4 is 4.74 Å². The molecule has 0 bridgehead atoms. The van der Waals surface area contributed by atoms with E-state index in [2.05, 4.69) is 13.8 Å². The number of esters is 1. The van der Waals surface area contributed by atoms with Crippen molar-refractivity contribution in [2.24, 2.45) is 0 Å². The average Bonchev–Trinajstić information content (AvgIpc) is 3.22. The molecule has 1 aromatic carbocycles. The van der Waals surface area contributed by atoms with Crippen molar-refractivity contribution in [3.63, 3.8) is 0 Å². The smallest absolute Gasteiger partial charge is 0.325 e. The summed E-state index contributed by atoms with van der Waals surface area (Å²) in [6, 6.07) is 15.7. The van der Waals surface area contributed by atoms with Crippen LogP contribution in [-0.2, 0) is 4.79 Å². The molecule has 118 valence electrons. The lowest BCUT2D eigenvalue weighted by Gasteiger charge is -2.16. The van der Waals surface area contributed by atoms with Gasteiger partial charge in [-0.25, -0.2) is 0 Å². The normalized spacial score (nSPS) is 11.1. The maximum Gasteiger partial charge on any atom is 0.325 e. The molecule has 0 fully saturated rings. The minimum Gasteiger partial charge on any atom is -0.425 e. The van der Waals surface area contributed by atoms with E-state index in [1.807, 2.05) is 59.3 Å². The monoisotopic (exact) mass is 342 g/mol. The fourth-order valence-corrected chi connectivity index (χ4v) is 4.24. The highest BCUT2D eigenvalue weighted by Crippen LogP contribution is 2.34. The summed E-state index contributed by atoms with van der Waals surface area (Å²) in [6.07, 6.45) is 0. The highest BCUT2D eigenvalue weighted by molar-refractivity contribution is 7.11. The van der Waals surface area contributed by atoms with Crippen LogP contribution in [0.1, 0.15) is 41.0 Å². The van der Waals surface area contributed by atoms with Crippen LogP contribution in [0.4, 0.5) is 0 Å². The van der Waals surface area contributed by atoms with Crippen LogP contribution in [0.15, 0.2) is 59.3 Å². The molecule has 23 heavy (non-hydrogen) atoms. The standard InChI is InChI=1S/C19H18O2S2/c1-13(2)14-7-3-4-8-15(14)21-19(20)18(16-9-5-11-22-16)17-10-6-12-23-17/h3-13,18H,1-2H3. The number of para-hydroxylation sites is 1. The van der Waals surface area contributed by atoms with Crippen LogP contribution >= 0.6 is 22.7 Å². The van der Waals surface area contributed by atoms with E-state index in [1.165, 1.54) is 0 Å². The molecule has 2 heterocycles. The molecule has 0 aliphatic heterocycles. The van der Waals surface area contributed by atoms with Gasteiger partial charge in [-0.1, -0.05) is 44.2 Å². The molecule has 0 saturated heterocycles. The summed E-state index contributed by atoms with van der Waals surface area (Å²) in [4.78, 5) is 14.9. The summed E-state index contributed by atoms with van der Waals surface area (Å²) in [7, 11) is 0. The van der Waals surface area contributed by atoms with Crippen LogP contribution in [0.5, 0.6) is 5.75 Å². The molecular weight excluding hydrogens is 324 g/mol. The molecule has 0 saturated carbocycles. The van der Waals surface area contributed by atoms with Gasteiger partial charge in [-0.15, -0.1) is 22.7 Å². The molecule has 0 spiro atoms. The van der Waals surface area contributed by atoms with Crippen LogP contribution in [0.25, 0.3) is 0 Å². The van der Waals surface area contributed by atoms with Gasteiger partial charge >= 0.3 is 5.97 Å². The zero-order valence-corrected chi connectivity index (χ0v) is 14.7. The van der Waals surface area contributed by atoms with Crippen LogP contribution in [-0.4, -0.2) is 5.97 Å². The second-order valence-electron chi connectivity index (χ2n) is 5.58. The molecule has 0 aliphatic carbocycles. The van der Waals surface area contributed by atoms with E-state index >= 15 is 0 Å². The molecule has 0 atom stereocenters. The summed E-state index contributed by atoms with van der Waals surface area (Å²) in [5, 5.41) is 3.98. The van der Waals surface area contributed by atoms with Crippen molar-refractivity contribution in [3.8, 4) is 5.75 Å². The SMILES string of the molecule is CC(C)c1ccccc1OC(=O)C(c1cccs1)c1cccs1. The number of carbonyl (C=O) groups is 1. The minimum atomic E-state index is -0.352. The van der Waals surface area contributed by atoms with Gasteiger partial charge in [0.2, 0.25) is 0 Å². The summed E-state index contributed by atoms with van der Waals surface area (Å²) in [5.74, 6) is 0.393. The Morgan fingerprint density at radius 3 is 2.04 bits per heavy atom. The maximum absolute atomic E-state index is 12.9. The van der Waals surface area contributed by atoms with Gasteiger partial charge in [0.1, 0.15) is 11.7 Å². The predicted molar refractivity (Wildman–Crippen MR) is 96.6 cm³/mol. The maximum atomic E-state index is 12.9. The quantitative estimate of drug-likeness (QED) is 0.441. The molecule has 3 rings (SSSR count). The van der Waals surface area contributed by atoms with Gasteiger partial charge in [-0.05, 0) is 40.4 Å². The molecule has 0 N–H and O–H groups in total. The zero-order valence-electron chi connectivity index (χ0n) is 13.1. The molecule has 4 heteroatoms. The Morgan fingerprint density at radius 2 is 1.52 bits per heavy atom. The molecule has 0 unspecified atom stereocenters. The largest absolute Gasteiger partial charge is 0.425 e. The highest BCUT2D eigenvalue weighted by Gasteiger charge is 2.27. The van der Waals surface area contributed by atoms with Gasteiger partial charge in [0.05, 0.1) is 0 Å². The first-order valence-electron chi connectivity index (χ1n) is 7.54. The number of hydrogen-bond acceptors (Lipinski definition) is 4. The number of thiophene rings is 2. The molecule has 2 aromatic heterocycles. The first-order valence-corrected chi connectivity index (χ1v) is 9.30. The second kappa shape index (κ2) is 7.11. The number of carbonyl (C=O) groups excluding carboxylic acids is 1. The first-order chi connectivity index (χ1) is 11.2. The number of benzene rings is 1. The molecule has 3 aromatic rings. The van der Waals surface area contributed by atoms with Crippen LogP contribution in [0.3, 0.4) is 0 Å². The van der Waals surface area contributed by atoms with Gasteiger partial charge in [-0.3, -0.25) is 4.79 Å². The summed E-state index contributed by atoms with van der Waals surface area (Å²) >= 11 is 3.17. The third-order valence-electron chi connectivity index (χ3n) is 3.64. The third-order valence-corrected chi connectivity index (χ3v) is 5.52. The van der Waals surface area contributed by atoms with E-state index < -0.39 is 0 Å². The molecule has 0 aliphatic rings. The lowest BCUT2D eigenvalue weighted by atomic mass is 10.0. The Bertz CT molecular complexity index is 724. The van der Waals surface area contributed by atoms with Gasteiger partial charge in [0.25, 0.3) is 0 Å². The molecule has 2 nitrogen and oxygen atoms in total. The van der Waals surface area contributed by atoms with E-state index in [1.54, 1.807) is 22.7 Å². The van der Waals surface area contributed by atoms with E-state index in [0.29, 0.717) is 11.7 Å².